The van der Waals surface area contributed by atoms with E-state index in [9.17, 15) is 36.7 Å². The van der Waals surface area contributed by atoms with Crippen LogP contribution in [0.5, 0.6) is 5.75 Å². The van der Waals surface area contributed by atoms with Gasteiger partial charge in [0, 0.05) is 23.6 Å². The number of nitrogens with zero attached hydrogens (tertiary/aromatic N) is 2. The Morgan fingerprint density at radius 2 is 1.91 bits per heavy atom. The summed E-state index contributed by atoms with van der Waals surface area (Å²) in [5.41, 5.74) is 1.61. The molecule has 184 valence electrons. The van der Waals surface area contributed by atoms with E-state index in [-0.39, 0.29) is 10.9 Å². The van der Waals surface area contributed by atoms with Gasteiger partial charge in [-0.2, -0.15) is 22.3 Å². The van der Waals surface area contributed by atoms with E-state index in [0.717, 1.165) is 45.4 Å². The first-order chi connectivity index (χ1) is 15.7. The Labute approximate surface area is 189 Å². The number of alkyl halides is 3. The highest BCUT2D eigenvalue weighted by molar-refractivity contribution is 5.91. The van der Waals surface area contributed by atoms with Crippen molar-refractivity contribution in [3.05, 3.63) is 58.7 Å². The van der Waals surface area contributed by atoms with Crippen LogP contribution in [0.3, 0.4) is 0 Å². The van der Waals surface area contributed by atoms with Crippen molar-refractivity contribution in [3.63, 3.8) is 0 Å². The van der Waals surface area contributed by atoms with Gasteiger partial charge in [-0.1, -0.05) is 13.0 Å². The number of halogens is 5. The molecule has 8 nitrogen and oxygen atoms in total. The molecule has 3 rings (SSSR count). The molecule has 2 heterocycles. The molecule has 13 heteroatoms. The highest BCUT2D eigenvalue weighted by Crippen LogP contribution is 2.55. The molecule has 4 atom stereocenters. The molecular formula is C21H20F5N3O5. The van der Waals surface area contributed by atoms with E-state index >= 15 is 0 Å². The van der Waals surface area contributed by atoms with Crippen LogP contribution in [0.15, 0.2) is 35.5 Å². The molecule has 0 radical (unpaired) electrons. The van der Waals surface area contributed by atoms with Crippen molar-refractivity contribution >= 4 is 11.8 Å². The van der Waals surface area contributed by atoms with Gasteiger partial charge in [0.15, 0.2) is 17.2 Å². The summed E-state index contributed by atoms with van der Waals surface area (Å²) >= 11 is 0. The summed E-state index contributed by atoms with van der Waals surface area (Å²) in [6, 6.07) is 3.76. The Bertz CT molecular complexity index is 1210. The molecule has 2 aromatic rings. The Kier molecular flexibility index (Phi) is 6.44. The number of aromatic nitrogens is 1. The van der Waals surface area contributed by atoms with Crippen LogP contribution in [0.2, 0.25) is 0 Å². The first kappa shape index (κ1) is 25.1. The average Bonchev–Trinajstić information content (AvgIpc) is 3.03. The van der Waals surface area contributed by atoms with Crippen LogP contribution >= 0.6 is 0 Å². The molecule has 1 aromatic carbocycles. The maximum Gasteiger partial charge on any atom is 0.417 e. The molecule has 0 spiro atoms. The van der Waals surface area contributed by atoms with Crippen LogP contribution in [0.4, 0.5) is 22.0 Å². The van der Waals surface area contributed by atoms with Crippen LogP contribution in [0.25, 0.3) is 0 Å². The minimum Gasteiger partial charge on any atom is -0.493 e. The van der Waals surface area contributed by atoms with Gasteiger partial charge in [-0.25, -0.2) is 9.38 Å². The summed E-state index contributed by atoms with van der Waals surface area (Å²) in [5, 5.41) is 9.39. The number of nitrogens with two attached hydrogens (primary N) is 1. The summed E-state index contributed by atoms with van der Waals surface area (Å²) in [7, 11) is 1.01. The lowest BCUT2D eigenvalue weighted by Gasteiger charge is -2.32. The SMILES string of the molecule is COc1c([C@H]2[C@@H](C)[C@](C)(C(F)(F)F)O[C@H]2C(=O)N=c2ccn(O)c(C(N)=O)c2)ccc(F)c1F. The maximum absolute atomic E-state index is 14.4. The molecule has 0 saturated carbocycles. The Morgan fingerprint density at radius 3 is 2.47 bits per heavy atom. The Morgan fingerprint density at radius 1 is 1.26 bits per heavy atom. The minimum absolute atomic E-state index is 0.211. The van der Waals surface area contributed by atoms with Crippen molar-refractivity contribution in [1.82, 2.24) is 4.73 Å². The van der Waals surface area contributed by atoms with Gasteiger partial charge in [-0.15, -0.1) is 0 Å². The van der Waals surface area contributed by atoms with Gasteiger partial charge in [0.1, 0.15) is 11.8 Å². The van der Waals surface area contributed by atoms with Gasteiger partial charge in [-0.3, -0.25) is 9.59 Å². The number of hydrogen-bond donors (Lipinski definition) is 2. The van der Waals surface area contributed by atoms with E-state index in [0.29, 0.717) is 10.8 Å². The van der Waals surface area contributed by atoms with Crippen molar-refractivity contribution in [2.75, 3.05) is 7.11 Å². The van der Waals surface area contributed by atoms with E-state index in [1.54, 1.807) is 0 Å². The van der Waals surface area contributed by atoms with Crippen molar-refractivity contribution in [2.24, 2.45) is 16.6 Å². The first-order valence-electron chi connectivity index (χ1n) is 9.79. The number of methoxy groups -OCH3 is 1. The molecular weight excluding hydrogens is 469 g/mol. The minimum atomic E-state index is -4.93. The molecule has 1 aromatic heterocycles. The number of carbonyl (C=O) groups excluding carboxylic acids is 2. The fraction of sp³-hybridized carbons (Fsp3) is 0.381. The number of amides is 2. The first-order valence-corrected chi connectivity index (χ1v) is 9.79. The van der Waals surface area contributed by atoms with E-state index in [1.807, 2.05) is 0 Å². The number of hydrogen-bond acceptors (Lipinski definition) is 5. The van der Waals surface area contributed by atoms with Gasteiger partial charge in [-0.05, 0) is 25.1 Å². The van der Waals surface area contributed by atoms with E-state index in [4.69, 9.17) is 15.2 Å². The standard InChI is InChI=1S/C21H20F5N3O5/c1-9-14(11-4-5-12(22)15(23)16(11)33-3)17(34-20(9,2)21(24,25)26)19(31)28-10-6-7-29(32)13(8-10)18(27)30/h4-9,14,17,32H,1-3H3,(H2,27,30)/t9-,14-,17-,20-/m1/s1. The third-order valence-corrected chi connectivity index (χ3v) is 5.97. The van der Waals surface area contributed by atoms with Crippen LogP contribution in [0.1, 0.15) is 35.8 Å². The molecule has 1 aliphatic heterocycles. The third kappa shape index (κ3) is 4.11. The zero-order valence-electron chi connectivity index (χ0n) is 18.1. The highest BCUT2D eigenvalue weighted by atomic mass is 19.4. The topological polar surface area (TPSA) is 116 Å². The molecule has 1 saturated heterocycles. The number of ether oxygens (including phenoxy) is 2. The number of carbonyl (C=O) groups is 2. The monoisotopic (exact) mass is 489 g/mol. The van der Waals surface area contributed by atoms with Crippen molar-refractivity contribution < 1.29 is 46.2 Å². The smallest absolute Gasteiger partial charge is 0.417 e. The lowest BCUT2D eigenvalue weighted by atomic mass is 9.77. The number of pyridine rings is 1. The zero-order valence-corrected chi connectivity index (χ0v) is 18.1. The largest absolute Gasteiger partial charge is 0.493 e. The van der Waals surface area contributed by atoms with Crippen LogP contribution < -0.4 is 15.8 Å². The Hall–Kier alpha value is -3.48. The molecule has 1 fully saturated rings. The normalized spacial score (nSPS) is 25.4. The van der Waals surface area contributed by atoms with Gasteiger partial charge in [0.05, 0.1) is 12.5 Å². The predicted octanol–water partition coefficient (Wildman–Crippen LogP) is 2.68. The van der Waals surface area contributed by atoms with Gasteiger partial charge < -0.3 is 20.4 Å². The van der Waals surface area contributed by atoms with E-state index in [1.165, 1.54) is 0 Å². The maximum atomic E-state index is 14.4. The third-order valence-electron chi connectivity index (χ3n) is 5.97. The summed E-state index contributed by atoms with van der Waals surface area (Å²) in [6.07, 6.45) is -5.86. The van der Waals surface area contributed by atoms with Crippen LogP contribution in [0, 0.1) is 17.6 Å². The molecule has 0 unspecified atom stereocenters. The summed E-state index contributed by atoms with van der Waals surface area (Å²) in [6.45, 7) is 1.90. The second kappa shape index (κ2) is 8.70. The fourth-order valence-electron chi connectivity index (χ4n) is 3.95. The zero-order chi connectivity index (χ0) is 25.6. The summed E-state index contributed by atoms with van der Waals surface area (Å²) in [5.74, 6) is -8.53. The molecule has 34 heavy (non-hydrogen) atoms. The van der Waals surface area contributed by atoms with Gasteiger partial charge in [0.25, 0.3) is 11.8 Å². The lowest BCUT2D eigenvalue weighted by molar-refractivity contribution is -0.272. The van der Waals surface area contributed by atoms with Crippen molar-refractivity contribution in [2.45, 2.75) is 37.6 Å². The Balaban J connectivity index is 2.18. The number of primary amides is 1. The number of rotatable bonds is 4. The molecule has 3 N–H and O–H groups in total. The quantitative estimate of drug-likeness (QED) is 0.506. The number of benzene rings is 1. The van der Waals surface area contributed by atoms with E-state index < -0.39 is 64.6 Å². The summed E-state index contributed by atoms with van der Waals surface area (Å²) in [4.78, 5) is 28.1. The van der Waals surface area contributed by atoms with E-state index in [2.05, 4.69) is 4.99 Å². The predicted molar refractivity (Wildman–Crippen MR) is 105 cm³/mol. The summed E-state index contributed by atoms with van der Waals surface area (Å²) < 4.78 is 80.4. The molecule has 1 aliphatic rings. The lowest BCUT2D eigenvalue weighted by Crippen LogP contribution is -2.47. The van der Waals surface area contributed by atoms with Crippen LogP contribution in [-0.2, 0) is 9.53 Å². The molecule has 0 aliphatic carbocycles. The molecule has 0 bridgehead atoms. The second-order valence-electron chi connectivity index (χ2n) is 7.87. The van der Waals surface area contributed by atoms with Crippen LogP contribution in [-0.4, -0.2) is 46.7 Å². The molecule has 2 amide bonds. The highest BCUT2D eigenvalue weighted by Gasteiger charge is 2.65. The van der Waals surface area contributed by atoms with Gasteiger partial charge >= 0.3 is 6.18 Å². The second-order valence-corrected chi connectivity index (χ2v) is 7.87. The average molecular weight is 489 g/mol. The fourth-order valence-corrected chi connectivity index (χ4v) is 3.95. The van der Waals surface area contributed by atoms with Crippen molar-refractivity contribution in [3.8, 4) is 5.75 Å². The van der Waals surface area contributed by atoms with Gasteiger partial charge in [0.2, 0.25) is 5.82 Å². The van der Waals surface area contributed by atoms with Crippen molar-refractivity contribution in [1.29, 1.82) is 0 Å².